The summed E-state index contributed by atoms with van der Waals surface area (Å²) in [5, 5.41) is 2.83. The van der Waals surface area contributed by atoms with E-state index in [0.29, 0.717) is 6.42 Å². The highest BCUT2D eigenvalue weighted by Gasteiger charge is 2.44. The van der Waals surface area contributed by atoms with E-state index in [2.05, 4.69) is 5.32 Å². The van der Waals surface area contributed by atoms with Crippen molar-refractivity contribution in [2.24, 2.45) is 0 Å². The van der Waals surface area contributed by atoms with Crippen LogP contribution in [-0.4, -0.2) is 35.3 Å². The quantitative estimate of drug-likeness (QED) is 0.756. The topological polar surface area (TPSA) is 49.4 Å². The van der Waals surface area contributed by atoms with Gasteiger partial charge in [0.2, 0.25) is 11.8 Å². The van der Waals surface area contributed by atoms with Crippen molar-refractivity contribution in [3.05, 3.63) is 0 Å². The molecule has 1 saturated heterocycles. The van der Waals surface area contributed by atoms with E-state index < -0.39 is 5.54 Å². The highest BCUT2D eigenvalue weighted by molar-refractivity contribution is 5.99. The molecular weight excluding hydrogens is 192 g/mol. The minimum Gasteiger partial charge on any atom is -0.340 e. The Morgan fingerprint density at radius 1 is 1.40 bits per heavy atom. The van der Waals surface area contributed by atoms with E-state index in [-0.39, 0.29) is 17.9 Å². The number of carbonyl (C=O) groups is 2. The van der Waals surface area contributed by atoms with Crippen LogP contribution in [0.15, 0.2) is 0 Å². The molecule has 1 aliphatic rings. The largest absolute Gasteiger partial charge is 0.340 e. The Labute approximate surface area is 91.0 Å². The summed E-state index contributed by atoms with van der Waals surface area (Å²) in [6.45, 7) is 5.71. The minimum absolute atomic E-state index is 0.0167. The fourth-order valence-electron chi connectivity index (χ4n) is 1.95. The summed E-state index contributed by atoms with van der Waals surface area (Å²) >= 11 is 0. The maximum Gasteiger partial charge on any atom is 0.248 e. The number of nitrogens with zero attached hydrogens (tertiary/aromatic N) is 1. The first-order valence-electron chi connectivity index (χ1n) is 5.55. The Morgan fingerprint density at radius 3 is 2.47 bits per heavy atom. The molecule has 1 N–H and O–H groups in total. The summed E-state index contributed by atoms with van der Waals surface area (Å²) in [5.41, 5.74) is -0.712. The minimum atomic E-state index is -0.712. The van der Waals surface area contributed by atoms with Crippen LogP contribution in [0.2, 0.25) is 0 Å². The molecule has 86 valence electrons. The molecule has 0 aliphatic carbocycles. The molecule has 0 spiro atoms. The van der Waals surface area contributed by atoms with Crippen molar-refractivity contribution >= 4 is 11.8 Å². The van der Waals surface area contributed by atoms with E-state index in [0.717, 1.165) is 12.8 Å². The number of likely N-dealkylation sites (N-methyl/N-ethyl adjacent to an activating group) is 1. The lowest BCUT2D eigenvalue weighted by molar-refractivity contribution is -0.152. The molecule has 15 heavy (non-hydrogen) atoms. The molecular formula is C11H20N2O2. The van der Waals surface area contributed by atoms with Gasteiger partial charge in [-0.3, -0.25) is 9.59 Å². The van der Waals surface area contributed by atoms with Gasteiger partial charge in [-0.1, -0.05) is 20.3 Å². The summed E-state index contributed by atoms with van der Waals surface area (Å²) in [6.07, 6.45) is 2.26. The zero-order chi connectivity index (χ0) is 11.6. The Bertz CT molecular complexity index is 278. The van der Waals surface area contributed by atoms with Gasteiger partial charge in [-0.15, -0.1) is 0 Å². The monoisotopic (exact) mass is 212 g/mol. The highest BCUT2D eigenvalue weighted by Crippen LogP contribution is 2.21. The van der Waals surface area contributed by atoms with E-state index in [4.69, 9.17) is 0 Å². The van der Waals surface area contributed by atoms with Gasteiger partial charge in [0, 0.05) is 7.05 Å². The molecule has 0 saturated carbocycles. The van der Waals surface area contributed by atoms with E-state index in [1.165, 1.54) is 0 Å². The predicted molar refractivity (Wildman–Crippen MR) is 58.3 cm³/mol. The second kappa shape index (κ2) is 4.21. The van der Waals surface area contributed by atoms with Crippen molar-refractivity contribution < 1.29 is 9.59 Å². The first kappa shape index (κ1) is 12.0. The molecule has 0 bridgehead atoms. The number of carbonyl (C=O) groups excluding carboxylic acids is 2. The summed E-state index contributed by atoms with van der Waals surface area (Å²) in [7, 11) is 1.72. The molecule has 0 aromatic carbocycles. The number of rotatable bonds is 3. The molecule has 0 aromatic rings. The number of hydrogen-bond acceptors (Lipinski definition) is 2. The maximum atomic E-state index is 12.0. The molecule has 2 amide bonds. The number of amides is 2. The van der Waals surface area contributed by atoms with Gasteiger partial charge in [-0.25, -0.2) is 0 Å². The summed E-state index contributed by atoms with van der Waals surface area (Å²) in [5.74, 6) is -0.00801. The summed E-state index contributed by atoms with van der Waals surface area (Å²) < 4.78 is 0. The standard InChI is InChI=1S/C11H20N2O2/c1-5-7-8-9(14)12-11(3,6-2)10(15)13(8)4/h8H,5-7H2,1-4H3,(H,12,14). The average molecular weight is 212 g/mol. The molecule has 1 heterocycles. The molecule has 0 radical (unpaired) electrons. The zero-order valence-corrected chi connectivity index (χ0v) is 9.96. The normalized spacial score (nSPS) is 31.7. The van der Waals surface area contributed by atoms with Crippen LogP contribution in [0.4, 0.5) is 0 Å². The third-order valence-electron chi connectivity index (χ3n) is 3.23. The van der Waals surface area contributed by atoms with E-state index in [1.54, 1.807) is 18.9 Å². The number of piperazine rings is 1. The molecule has 1 rings (SSSR count). The first-order valence-corrected chi connectivity index (χ1v) is 5.55. The highest BCUT2D eigenvalue weighted by atomic mass is 16.2. The molecule has 2 atom stereocenters. The van der Waals surface area contributed by atoms with Crippen LogP contribution >= 0.6 is 0 Å². The smallest absolute Gasteiger partial charge is 0.248 e. The van der Waals surface area contributed by atoms with Crippen molar-refractivity contribution in [2.45, 2.75) is 51.6 Å². The lowest BCUT2D eigenvalue weighted by Gasteiger charge is -2.42. The maximum absolute atomic E-state index is 12.0. The van der Waals surface area contributed by atoms with Crippen LogP contribution < -0.4 is 5.32 Å². The van der Waals surface area contributed by atoms with Crippen LogP contribution in [0.3, 0.4) is 0 Å². The number of nitrogens with one attached hydrogen (secondary N) is 1. The lowest BCUT2D eigenvalue weighted by atomic mass is 9.91. The van der Waals surface area contributed by atoms with Crippen LogP contribution in [0, 0.1) is 0 Å². The van der Waals surface area contributed by atoms with Gasteiger partial charge in [-0.05, 0) is 19.8 Å². The van der Waals surface area contributed by atoms with Gasteiger partial charge in [0.1, 0.15) is 11.6 Å². The van der Waals surface area contributed by atoms with E-state index in [1.807, 2.05) is 13.8 Å². The van der Waals surface area contributed by atoms with E-state index >= 15 is 0 Å². The van der Waals surface area contributed by atoms with Crippen molar-refractivity contribution in [3.63, 3.8) is 0 Å². The average Bonchev–Trinajstić information content (AvgIpc) is 2.21. The lowest BCUT2D eigenvalue weighted by Crippen LogP contribution is -2.67. The molecule has 1 aliphatic heterocycles. The Balaban J connectivity index is 2.89. The van der Waals surface area contributed by atoms with Gasteiger partial charge >= 0.3 is 0 Å². The van der Waals surface area contributed by atoms with Gasteiger partial charge in [0.15, 0.2) is 0 Å². The number of hydrogen-bond donors (Lipinski definition) is 1. The third-order valence-corrected chi connectivity index (χ3v) is 3.23. The van der Waals surface area contributed by atoms with Gasteiger partial charge in [-0.2, -0.15) is 0 Å². The van der Waals surface area contributed by atoms with Gasteiger partial charge in [0.05, 0.1) is 0 Å². The van der Waals surface area contributed by atoms with Crippen LogP contribution in [0.1, 0.15) is 40.0 Å². The summed E-state index contributed by atoms with van der Waals surface area (Å²) in [4.78, 5) is 25.4. The van der Waals surface area contributed by atoms with Crippen LogP contribution in [-0.2, 0) is 9.59 Å². The fourth-order valence-corrected chi connectivity index (χ4v) is 1.95. The first-order chi connectivity index (χ1) is 6.96. The molecule has 1 fully saturated rings. The molecule has 4 nitrogen and oxygen atoms in total. The second-order valence-electron chi connectivity index (χ2n) is 4.40. The molecule has 0 aromatic heterocycles. The third kappa shape index (κ3) is 1.98. The van der Waals surface area contributed by atoms with Crippen LogP contribution in [0.25, 0.3) is 0 Å². The van der Waals surface area contributed by atoms with Crippen molar-refractivity contribution in [1.29, 1.82) is 0 Å². The summed E-state index contributed by atoms with van der Waals surface area (Å²) in [6, 6.07) is -0.290. The van der Waals surface area contributed by atoms with Crippen LogP contribution in [0.5, 0.6) is 0 Å². The van der Waals surface area contributed by atoms with Crippen molar-refractivity contribution in [2.75, 3.05) is 7.05 Å². The van der Waals surface area contributed by atoms with Gasteiger partial charge < -0.3 is 10.2 Å². The predicted octanol–water partition coefficient (Wildman–Crippen LogP) is 0.912. The Hall–Kier alpha value is -1.06. The second-order valence-corrected chi connectivity index (χ2v) is 4.40. The Kier molecular flexibility index (Phi) is 3.37. The molecule has 2 unspecified atom stereocenters. The molecule has 4 heteroatoms. The fraction of sp³-hybridized carbons (Fsp3) is 0.818. The zero-order valence-electron chi connectivity index (χ0n) is 9.96. The SMILES string of the molecule is CCCC1C(=O)NC(C)(CC)C(=O)N1C. The van der Waals surface area contributed by atoms with Gasteiger partial charge in [0.25, 0.3) is 0 Å². The van der Waals surface area contributed by atoms with E-state index in [9.17, 15) is 9.59 Å². The Morgan fingerprint density at radius 2 is 2.00 bits per heavy atom. The van der Waals surface area contributed by atoms with Crippen molar-refractivity contribution in [1.82, 2.24) is 10.2 Å². The van der Waals surface area contributed by atoms with Crippen molar-refractivity contribution in [3.8, 4) is 0 Å².